The number of halogens is 1. The molecular weight excluding hydrogens is 281 g/mol. The molecule has 0 aromatic heterocycles. The second kappa shape index (κ2) is 5.64. The molecular formula is C13H14FN3O2S. The first-order chi connectivity index (χ1) is 9.38. The maximum absolute atomic E-state index is 13.5. The zero-order valence-corrected chi connectivity index (χ0v) is 11.7. The van der Waals surface area contributed by atoms with Gasteiger partial charge in [0.05, 0.1) is 12.6 Å². The first-order valence-electron chi connectivity index (χ1n) is 6.04. The van der Waals surface area contributed by atoms with Gasteiger partial charge in [0, 0.05) is 12.1 Å². The summed E-state index contributed by atoms with van der Waals surface area (Å²) < 4.78 is 13.5. The summed E-state index contributed by atoms with van der Waals surface area (Å²) in [5, 5.41) is 2.26. The second-order valence-corrected chi connectivity index (χ2v) is 5.11. The molecule has 2 amide bonds. The molecule has 2 rings (SSSR count). The van der Waals surface area contributed by atoms with E-state index in [9.17, 15) is 14.0 Å². The van der Waals surface area contributed by atoms with Gasteiger partial charge in [0.15, 0.2) is 0 Å². The van der Waals surface area contributed by atoms with Gasteiger partial charge in [0.25, 0.3) is 0 Å². The Kier molecular flexibility index (Phi) is 4.10. The smallest absolute Gasteiger partial charge is 0.243 e. The molecule has 0 radical (unpaired) electrons. The standard InChI is InChI=1S/C13H14FN3O2S/c1-7-13(19)16-11(18)6-17(7)5-8-2-3-10(14)9(4-8)12(15)20/h2-4,7H,5-6H2,1H3,(H2,15,20)(H,16,18,19). The van der Waals surface area contributed by atoms with Crippen LogP contribution in [0.1, 0.15) is 18.1 Å². The Balaban J connectivity index is 2.21. The van der Waals surface area contributed by atoms with Crippen molar-refractivity contribution in [3.05, 3.63) is 35.1 Å². The van der Waals surface area contributed by atoms with Gasteiger partial charge in [-0.1, -0.05) is 18.3 Å². The van der Waals surface area contributed by atoms with Crippen molar-refractivity contribution in [2.75, 3.05) is 6.54 Å². The Labute approximate surface area is 120 Å². The number of nitrogens with one attached hydrogen (secondary N) is 1. The van der Waals surface area contributed by atoms with E-state index in [2.05, 4.69) is 5.32 Å². The molecule has 0 saturated carbocycles. The summed E-state index contributed by atoms with van der Waals surface area (Å²) in [7, 11) is 0. The van der Waals surface area contributed by atoms with Crippen LogP contribution in [0, 0.1) is 5.82 Å². The summed E-state index contributed by atoms with van der Waals surface area (Å²) in [4.78, 5) is 24.6. The number of nitrogens with two attached hydrogens (primary N) is 1. The number of nitrogens with zero attached hydrogens (tertiary/aromatic N) is 1. The van der Waals surface area contributed by atoms with Gasteiger partial charge >= 0.3 is 0 Å². The summed E-state index contributed by atoms with van der Waals surface area (Å²) in [6.07, 6.45) is 0. The molecule has 7 heteroatoms. The molecule has 1 aromatic rings. The summed E-state index contributed by atoms with van der Waals surface area (Å²) in [5.41, 5.74) is 6.35. The summed E-state index contributed by atoms with van der Waals surface area (Å²) >= 11 is 4.78. The average molecular weight is 295 g/mol. The second-order valence-electron chi connectivity index (χ2n) is 4.67. The van der Waals surface area contributed by atoms with Crippen LogP contribution in [0.25, 0.3) is 0 Å². The highest BCUT2D eigenvalue weighted by Crippen LogP contribution is 2.15. The Morgan fingerprint density at radius 3 is 2.90 bits per heavy atom. The van der Waals surface area contributed by atoms with Crippen LogP contribution in [0.5, 0.6) is 0 Å². The number of carbonyl (C=O) groups is 2. The van der Waals surface area contributed by atoms with Crippen LogP contribution < -0.4 is 11.1 Å². The number of piperazine rings is 1. The monoisotopic (exact) mass is 295 g/mol. The maximum Gasteiger partial charge on any atom is 0.243 e. The van der Waals surface area contributed by atoms with Crippen LogP contribution in [-0.2, 0) is 16.1 Å². The number of amides is 2. The van der Waals surface area contributed by atoms with Gasteiger partial charge in [0.1, 0.15) is 10.8 Å². The van der Waals surface area contributed by atoms with Crippen molar-refractivity contribution in [3.63, 3.8) is 0 Å². The lowest BCUT2D eigenvalue weighted by Gasteiger charge is -2.31. The van der Waals surface area contributed by atoms with Gasteiger partial charge in [-0.05, 0) is 24.6 Å². The molecule has 1 fully saturated rings. The highest BCUT2D eigenvalue weighted by molar-refractivity contribution is 7.80. The number of hydrogen-bond donors (Lipinski definition) is 2. The van der Waals surface area contributed by atoms with Gasteiger partial charge in [-0.15, -0.1) is 0 Å². The molecule has 0 bridgehead atoms. The Bertz CT molecular complexity index is 591. The van der Waals surface area contributed by atoms with Crippen molar-refractivity contribution in [2.45, 2.75) is 19.5 Å². The Hall–Kier alpha value is -1.86. The van der Waals surface area contributed by atoms with E-state index < -0.39 is 11.9 Å². The van der Waals surface area contributed by atoms with Gasteiger partial charge < -0.3 is 5.73 Å². The fourth-order valence-corrected chi connectivity index (χ4v) is 2.21. The summed E-state index contributed by atoms with van der Waals surface area (Å²) in [6, 6.07) is 3.98. The molecule has 0 spiro atoms. The van der Waals surface area contributed by atoms with E-state index in [1.807, 2.05) is 0 Å². The third-order valence-electron chi connectivity index (χ3n) is 3.22. The topological polar surface area (TPSA) is 75.4 Å². The third-order valence-corrected chi connectivity index (χ3v) is 3.44. The molecule has 1 aliphatic heterocycles. The lowest BCUT2D eigenvalue weighted by molar-refractivity contribution is -0.139. The molecule has 0 aliphatic carbocycles. The van der Waals surface area contributed by atoms with Crippen molar-refractivity contribution >= 4 is 29.0 Å². The Morgan fingerprint density at radius 1 is 1.55 bits per heavy atom. The third kappa shape index (κ3) is 3.00. The number of carbonyl (C=O) groups excluding carboxylic acids is 2. The van der Waals surface area contributed by atoms with Crippen molar-refractivity contribution in [1.82, 2.24) is 10.2 Å². The summed E-state index contributed by atoms with van der Waals surface area (Å²) in [5.74, 6) is -1.16. The highest BCUT2D eigenvalue weighted by atomic mass is 32.1. The van der Waals surface area contributed by atoms with Crippen LogP contribution in [0.15, 0.2) is 18.2 Å². The molecule has 1 aliphatic rings. The van der Waals surface area contributed by atoms with E-state index >= 15 is 0 Å². The first kappa shape index (κ1) is 14.5. The van der Waals surface area contributed by atoms with E-state index in [0.29, 0.717) is 6.54 Å². The van der Waals surface area contributed by atoms with Crippen molar-refractivity contribution < 1.29 is 14.0 Å². The molecule has 106 valence electrons. The number of imide groups is 1. The fraction of sp³-hybridized carbons (Fsp3) is 0.308. The van der Waals surface area contributed by atoms with Gasteiger partial charge in [0.2, 0.25) is 11.8 Å². The van der Waals surface area contributed by atoms with E-state index in [0.717, 1.165) is 5.56 Å². The predicted octanol–water partition coefficient (Wildman–Crippen LogP) is 0.307. The molecule has 1 aromatic carbocycles. The van der Waals surface area contributed by atoms with Crippen LogP contribution in [0.4, 0.5) is 4.39 Å². The summed E-state index contributed by atoms with van der Waals surface area (Å²) in [6.45, 7) is 2.17. The minimum absolute atomic E-state index is 0.0233. The lowest BCUT2D eigenvalue weighted by atomic mass is 10.1. The lowest BCUT2D eigenvalue weighted by Crippen LogP contribution is -2.56. The van der Waals surface area contributed by atoms with Crippen LogP contribution >= 0.6 is 12.2 Å². The first-order valence-corrected chi connectivity index (χ1v) is 6.45. The molecule has 3 N–H and O–H groups in total. The number of hydrogen-bond acceptors (Lipinski definition) is 4. The number of thiocarbonyl (C=S) groups is 1. The van der Waals surface area contributed by atoms with E-state index in [4.69, 9.17) is 18.0 Å². The quantitative estimate of drug-likeness (QED) is 0.620. The average Bonchev–Trinajstić information content (AvgIpc) is 2.37. The zero-order valence-electron chi connectivity index (χ0n) is 10.9. The minimum Gasteiger partial charge on any atom is -0.389 e. The van der Waals surface area contributed by atoms with Crippen molar-refractivity contribution in [1.29, 1.82) is 0 Å². The van der Waals surface area contributed by atoms with Gasteiger partial charge in [-0.25, -0.2) is 4.39 Å². The largest absolute Gasteiger partial charge is 0.389 e. The number of benzene rings is 1. The molecule has 1 saturated heterocycles. The van der Waals surface area contributed by atoms with Crippen LogP contribution in [0.2, 0.25) is 0 Å². The zero-order chi connectivity index (χ0) is 14.9. The molecule has 1 heterocycles. The minimum atomic E-state index is -0.484. The molecule has 20 heavy (non-hydrogen) atoms. The van der Waals surface area contributed by atoms with E-state index in [-0.39, 0.29) is 28.9 Å². The van der Waals surface area contributed by atoms with E-state index in [1.54, 1.807) is 24.0 Å². The van der Waals surface area contributed by atoms with Crippen molar-refractivity contribution in [3.8, 4) is 0 Å². The SMILES string of the molecule is CC1C(=O)NC(=O)CN1Cc1ccc(F)c(C(N)=S)c1. The van der Waals surface area contributed by atoms with Gasteiger partial charge in [-0.3, -0.25) is 19.8 Å². The normalized spacial score (nSPS) is 19.8. The van der Waals surface area contributed by atoms with Crippen molar-refractivity contribution in [2.24, 2.45) is 5.73 Å². The van der Waals surface area contributed by atoms with Crippen LogP contribution in [-0.4, -0.2) is 34.3 Å². The Morgan fingerprint density at radius 2 is 2.25 bits per heavy atom. The van der Waals surface area contributed by atoms with Crippen LogP contribution in [0.3, 0.4) is 0 Å². The molecule has 1 atom stereocenters. The van der Waals surface area contributed by atoms with Gasteiger partial charge in [-0.2, -0.15) is 0 Å². The predicted molar refractivity (Wildman–Crippen MR) is 75.3 cm³/mol. The molecule has 5 nitrogen and oxygen atoms in total. The number of rotatable bonds is 3. The van der Waals surface area contributed by atoms with E-state index in [1.165, 1.54) is 6.07 Å². The molecule has 1 unspecified atom stereocenters. The highest BCUT2D eigenvalue weighted by Gasteiger charge is 2.30. The fourth-order valence-electron chi connectivity index (χ4n) is 2.06. The maximum atomic E-state index is 13.5.